The third-order valence-corrected chi connectivity index (χ3v) is 3.35. The summed E-state index contributed by atoms with van der Waals surface area (Å²) in [5.41, 5.74) is 0.747. The Morgan fingerprint density at radius 1 is 1.38 bits per heavy atom. The first-order valence-corrected chi connectivity index (χ1v) is 7.09. The van der Waals surface area contributed by atoms with Crippen LogP contribution in [0.3, 0.4) is 0 Å². The second-order valence-corrected chi connectivity index (χ2v) is 5.55. The van der Waals surface area contributed by atoms with Crippen molar-refractivity contribution in [2.45, 2.75) is 40.0 Å². The molecule has 1 rings (SSSR count). The van der Waals surface area contributed by atoms with Gasteiger partial charge in [-0.25, -0.2) is 4.79 Å². The Hall–Kier alpha value is -2.11. The van der Waals surface area contributed by atoms with Crippen molar-refractivity contribution >= 4 is 17.3 Å². The van der Waals surface area contributed by atoms with Gasteiger partial charge in [-0.1, -0.05) is 26.7 Å². The first kappa shape index (κ1) is 16.9. The van der Waals surface area contributed by atoms with E-state index in [1.165, 1.54) is 6.07 Å². The van der Waals surface area contributed by atoms with Gasteiger partial charge in [-0.2, -0.15) is 0 Å². The van der Waals surface area contributed by atoms with Crippen molar-refractivity contribution in [3.05, 3.63) is 33.4 Å². The van der Waals surface area contributed by atoms with Gasteiger partial charge in [0, 0.05) is 23.9 Å². The number of hydrogen-bond donors (Lipinski definition) is 2. The van der Waals surface area contributed by atoms with Crippen LogP contribution in [0.25, 0.3) is 0 Å². The number of nitro groups is 1. The van der Waals surface area contributed by atoms with E-state index in [0.29, 0.717) is 23.7 Å². The van der Waals surface area contributed by atoms with E-state index in [1.807, 2.05) is 0 Å². The van der Waals surface area contributed by atoms with Gasteiger partial charge in [-0.3, -0.25) is 10.1 Å². The number of nitro benzene ring substituents is 1. The first-order valence-electron chi connectivity index (χ1n) is 7.09. The van der Waals surface area contributed by atoms with Crippen LogP contribution in [0.5, 0.6) is 0 Å². The number of nitrogens with one attached hydrogen (secondary N) is 1. The lowest BCUT2D eigenvalue weighted by atomic mass is 10.1. The smallest absolute Gasteiger partial charge is 0.336 e. The van der Waals surface area contributed by atoms with Gasteiger partial charge in [-0.15, -0.1) is 0 Å². The number of hydrogen-bond acceptors (Lipinski definition) is 4. The van der Waals surface area contributed by atoms with Crippen molar-refractivity contribution in [3.63, 3.8) is 0 Å². The zero-order valence-corrected chi connectivity index (χ0v) is 12.7. The quantitative estimate of drug-likeness (QED) is 0.431. The molecule has 2 N–H and O–H groups in total. The van der Waals surface area contributed by atoms with Crippen LogP contribution in [0.2, 0.25) is 0 Å². The summed E-state index contributed by atoms with van der Waals surface area (Å²) in [5, 5.41) is 23.1. The fraction of sp³-hybridized carbons (Fsp3) is 0.533. The molecule has 0 saturated heterocycles. The molecule has 0 radical (unpaired) electrons. The standard InChI is InChI=1S/C15H22N2O4/c1-10(2)6-4-5-7-16-13-8-12(15(18)19)9-14(11(13)3)17(20)21/h8-10,16H,4-7H2,1-3H3,(H,18,19). The minimum absolute atomic E-state index is 0.0722. The van der Waals surface area contributed by atoms with Gasteiger partial charge in [-0.05, 0) is 25.3 Å². The average molecular weight is 294 g/mol. The molecular formula is C15H22N2O4. The van der Waals surface area contributed by atoms with Gasteiger partial charge >= 0.3 is 5.97 Å². The number of carboxylic acid groups (broad SMARTS) is 1. The molecule has 0 fully saturated rings. The van der Waals surface area contributed by atoms with Crippen molar-refractivity contribution < 1.29 is 14.8 Å². The van der Waals surface area contributed by atoms with Crippen LogP contribution in [-0.2, 0) is 0 Å². The Morgan fingerprint density at radius 3 is 2.57 bits per heavy atom. The topological polar surface area (TPSA) is 92.5 Å². The summed E-state index contributed by atoms with van der Waals surface area (Å²) >= 11 is 0. The number of rotatable bonds is 8. The summed E-state index contributed by atoms with van der Waals surface area (Å²) < 4.78 is 0. The molecule has 0 aliphatic heterocycles. The van der Waals surface area contributed by atoms with Crippen LogP contribution in [0.4, 0.5) is 11.4 Å². The zero-order valence-electron chi connectivity index (χ0n) is 12.7. The van der Waals surface area contributed by atoms with Crippen molar-refractivity contribution in [1.82, 2.24) is 0 Å². The summed E-state index contributed by atoms with van der Waals surface area (Å²) in [5.74, 6) is -0.510. The van der Waals surface area contributed by atoms with Gasteiger partial charge in [0.1, 0.15) is 0 Å². The molecule has 0 aliphatic rings. The van der Waals surface area contributed by atoms with Crippen molar-refractivity contribution in [1.29, 1.82) is 0 Å². The molecule has 1 aromatic carbocycles. The summed E-state index contributed by atoms with van der Waals surface area (Å²) in [6, 6.07) is 2.55. The van der Waals surface area contributed by atoms with E-state index in [2.05, 4.69) is 19.2 Å². The number of carboxylic acids is 1. The molecule has 0 amide bonds. The molecule has 0 unspecified atom stereocenters. The maximum absolute atomic E-state index is 11.0. The summed E-state index contributed by atoms with van der Waals surface area (Å²) in [4.78, 5) is 21.5. The normalized spacial score (nSPS) is 10.7. The molecule has 0 bridgehead atoms. The molecule has 21 heavy (non-hydrogen) atoms. The molecule has 0 aromatic heterocycles. The highest BCUT2D eigenvalue weighted by atomic mass is 16.6. The van der Waals surface area contributed by atoms with Gasteiger partial charge in [0.05, 0.1) is 10.5 Å². The number of carbonyl (C=O) groups is 1. The Balaban J connectivity index is 2.80. The largest absolute Gasteiger partial charge is 0.478 e. The molecule has 0 saturated carbocycles. The molecule has 0 spiro atoms. The molecule has 1 aromatic rings. The van der Waals surface area contributed by atoms with E-state index in [0.717, 1.165) is 25.3 Å². The van der Waals surface area contributed by atoms with Crippen LogP contribution >= 0.6 is 0 Å². The Morgan fingerprint density at radius 2 is 2.05 bits per heavy atom. The van der Waals surface area contributed by atoms with E-state index >= 15 is 0 Å². The number of aromatic carboxylic acids is 1. The predicted octanol–water partition coefficient (Wildman–Crippen LogP) is 3.84. The van der Waals surface area contributed by atoms with E-state index in [4.69, 9.17) is 5.11 Å². The fourth-order valence-electron chi connectivity index (χ4n) is 2.10. The SMILES string of the molecule is Cc1c(NCCCCC(C)C)cc(C(=O)O)cc1[N+](=O)[O-]. The van der Waals surface area contributed by atoms with Crippen LogP contribution in [0.15, 0.2) is 12.1 Å². The minimum Gasteiger partial charge on any atom is -0.478 e. The maximum atomic E-state index is 11.0. The highest BCUT2D eigenvalue weighted by molar-refractivity contribution is 5.90. The van der Waals surface area contributed by atoms with Crippen molar-refractivity contribution in [2.75, 3.05) is 11.9 Å². The van der Waals surface area contributed by atoms with Gasteiger partial charge in [0.2, 0.25) is 0 Å². The fourth-order valence-corrected chi connectivity index (χ4v) is 2.10. The van der Waals surface area contributed by atoms with Crippen LogP contribution in [0, 0.1) is 23.0 Å². The Labute approximate surface area is 124 Å². The predicted molar refractivity (Wildman–Crippen MR) is 82.0 cm³/mol. The number of benzene rings is 1. The monoisotopic (exact) mass is 294 g/mol. The summed E-state index contributed by atoms with van der Waals surface area (Å²) in [7, 11) is 0. The summed E-state index contributed by atoms with van der Waals surface area (Å²) in [6.45, 7) is 6.63. The summed E-state index contributed by atoms with van der Waals surface area (Å²) in [6.07, 6.45) is 3.16. The van der Waals surface area contributed by atoms with E-state index in [1.54, 1.807) is 6.92 Å². The van der Waals surface area contributed by atoms with Crippen molar-refractivity contribution in [3.8, 4) is 0 Å². The number of unbranched alkanes of at least 4 members (excludes halogenated alkanes) is 1. The van der Waals surface area contributed by atoms with Gasteiger partial charge in [0.15, 0.2) is 0 Å². The average Bonchev–Trinajstić information content (AvgIpc) is 2.39. The third-order valence-electron chi connectivity index (χ3n) is 3.35. The van der Waals surface area contributed by atoms with Crippen LogP contribution in [-0.4, -0.2) is 22.5 Å². The van der Waals surface area contributed by atoms with E-state index in [-0.39, 0.29) is 11.3 Å². The Kier molecular flexibility index (Phi) is 6.14. The highest BCUT2D eigenvalue weighted by Gasteiger charge is 2.18. The lowest BCUT2D eigenvalue weighted by molar-refractivity contribution is -0.385. The number of anilines is 1. The van der Waals surface area contributed by atoms with Crippen molar-refractivity contribution in [2.24, 2.45) is 5.92 Å². The lowest BCUT2D eigenvalue weighted by Gasteiger charge is -2.11. The van der Waals surface area contributed by atoms with E-state index in [9.17, 15) is 14.9 Å². The van der Waals surface area contributed by atoms with Gasteiger partial charge in [0.25, 0.3) is 5.69 Å². The molecule has 6 nitrogen and oxygen atoms in total. The van der Waals surface area contributed by atoms with Gasteiger partial charge < -0.3 is 10.4 Å². The van der Waals surface area contributed by atoms with Crippen LogP contribution < -0.4 is 5.32 Å². The first-order chi connectivity index (χ1) is 9.82. The molecule has 0 heterocycles. The highest BCUT2D eigenvalue weighted by Crippen LogP contribution is 2.28. The van der Waals surface area contributed by atoms with Crippen LogP contribution in [0.1, 0.15) is 49.0 Å². The second kappa shape index (κ2) is 7.61. The van der Waals surface area contributed by atoms with E-state index < -0.39 is 10.9 Å². The zero-order chi connectivity index (χ0) is 16.0. The Bertz CT molecular complexity index is 527. The minimum atomic E-state index is -1.17. The molecular weight excluding hydrogens is 272 g/mol. The molecule has 0 aliphatic carbocycles. The molecule has 116 valence electrons. The molecule has 6 heteroatoms. The second-order valence-electron chi connectivity index (χ2n) is 5.55. The lowest BCUT2D eigenvalue weighted by Crippen LogP contribution is -2.08. The molecule has 0 atom stereocenters. The third kappa shape index (κ3) is 5.06. The maximum Gasteiger partial charge on any atom is 0.336 e. The number of nitrogens with zero attached hydrogens (tertiary/aromatic N) is 1.